The van der Waals surface area contributed by atoms with E-state index < -0.39 is 36.3 Å². The van der Waals surface area contributed by atoms with Gasteiger partial charge < -0.3 is 44.6 Å². The molecule has 0 radical (unpaired) electrons. The first-order valence-corrected chi connectivity index (χ1v) is 24.7. The summed E-state index contributed by atoms with van der Waals surface area (Å²) >= 11 is 1.76. The average Bonchev–Trinajstić information content (AvgIpc) is 4.03. The Labute approximate surface area is 403 Å². The topological polar surface area (TPSA) is 189 Å². The number of aryl methyl sites for hydroxylation is 1. The maximum absolute atomic E-state index is 17.0. The number of carbonyl (C=O) groups is 4. The molecule has 362 valence electrons. The van der Waals surface area contributed by atoms with E-state index in [0.717, 1.165) is 46.3 Å². The minimum Gasteiger partial charge on any atom is -0.464 e. The van der Waals surface area contributed by atoms with Crippen LogP contribution in [0.1, 0.15) is 117 Å². The maximum Gasteiger partial charge on any atom is 0.407 e. The second-order valence-electron chi connectivity index (χ2n) is 19.4. The minimum atomic E-state index is -0.769. The highest BCUT2D eigenvalue weighted by Crippen LogP contribution is 2.51. The zero-order chi connectivity index (χ0) is 48.4. The van der Waals surface area contributed by atoms with Gasteiger partial charge in [-0.15, -0.1) is 11.3 Å². The molecule has 16 nitrogen and oxygen atoms in total. The number of likely N-dealkylation sites (tertiary alicyclic amines) is 2. The van der Waals surface area contributed by atoms with Crippen molar-refractivity contribution in [1.29, 1.82) is 0 Å². The van der Waals surface area contributed by atoms with Crippen molar-refractivity contribution in [2.45, 2.75) is 109 Å². The molecule has 2 saturated heterocycles. The Morgan fingerprint density at radius 3 is 1.91 bits per heavy atom. The normalized spacial score (nSPS) is 19.7. The van der Waals surface area contributed by atoms with Crippen LogP contribution in [0.3, 0.4) is 0 Å². The zero-order valence-electron chi connectivity index (χ0n) is 39.9. The predicted octanol–water partition coefficient (Wildman–Crippen LogP) is 9.50. The van der Waals surface area contributed by atoms with E-state index in [1.54, 1.807) is 33.5 Å². The Hall–Kier alpha value is -6.69. The van der Waals surface area contributed by atoms with Gasteiger partial charge in [0.1, 0.15) is 35.3 Å². The number of aromatic amines is 2. The molecule has 5 atom stereocenters. The fraction of sp³-hybridized carbons (Fsp3) is 0.451. The summed E-state index contributed by atoms with van der Waals surface area (Å²) in [6.45, 7) is 10.7. The van der Waals surface area contributed by atoms with Gasteiger partial charge >= 0.3 is 12.2 Å². The second kappa shape index (κ2) is 18.3. The molecule has 0 bridgehead atoms. The van der Waals surface area contributed by atoms with Crippen LogP contribution in [0.25, 0.3) is 44.7 Å². The van der Waals surface area contributed by atoms with Crippen LogP contribution in [-0.2, 0) is 19.1 Å². The lowest BCUT2D eigenvalue weighted by atomic mass is 10.0. The molecule has 4 N–H and O–H groups in total. The molecule has 2 aromatic carbocycles. The van der Waals surface area contributed by atoms with Gasteiger partial charge in [-0.3, -0.25) is 14.2 Å². The first-order chi connectivity index (χ1) is 33.2. The summed E-state index contributed by atoms with van der Waals surface area (Å²) in [5.41, 5.74) is 5.94. The molecule has 1 aliphatic carbocycles. The number of rotatable bonds is 12. The molecule has 3 fully saturated rings. The number of nitrogens with one attached hydrogen (secondary N) is 4. The van der Waals surface area contributed by atoms with Gasteiger partial charge in [-0.2, -0.15) is 0 Å². The van der Waals surface area contributed by atoms with Crippen LogP contribution < -0.4 is 15.4 Å². The summed E-state index contributed by atoms with van der Waals surface area (Å²) in [4.78, 5) is 74.3. The van der Waals surface area contributed by atoms with E-state index in [-0.39, 0.29) is 35.7 Å². The molecule has 7 heterocycles. The molecule has 4 aromatic heterocycles. The number of thiophene rings is 1. The summed E-state index contributed by atoms with van der Waals surface area (Å²) in [7, 11) is 2.55. The van der Waals surface area contributed by atoms with E-state index in [1.807, 2.05) is 52.0 Å². The Morgan fingerprint density at radius 2 is 1.36 bits per heavy atom. The summed E-state index contributed by atoms with van der Waals surface area (Å²) < 4.78 is 35.6. The van der Waals surface area contributed by atoms with E-state index in [0.29, 0.717) is 65.3 Å². The number of alkyl carbamates (subject to hydrolysis) is 2. The number of amides is 4. The molecule has 0 spiro atoms. The molecule has 1 unspecified atom stereocenters. The standard InChI is InChI=1S/C51H58FN9O7S/c1-25(2)42(57-50(64)66-6)47(62)59-16-8-10-36(59)45-53-23-33(55-45)29-14-15-35-31(19-29)21-38-41-32(52)20-30(22-39(41)68-49(61(35)38)40-18-27(5)44(69-40)28-12-13-28)34-24-54-46(56-34)37-11-9-17-60(37)48(63)43(26(3)4)58-51(65)67-7/h14-15,18-26,28,36-37,42-43,49H,8-13,16-17H2,1-7H3,(H,53,55)(H,54,56)(H,57,64)(H,58,65)/t36-,37-,42-,43-,49?/m0/s1. The van der Waals surface area contributed by atoms with Crippen molar-refractivity contribution in [2.75, 3.05) is 27.3 Å². The molecule has 4 amide bonds. The SMILES string of the molecule is COC(=O)N[C@H](C(=O)N1CCC[C@H]1c1ncc(-c2cc(F)c3c(c2)OC(c2cc(C)c(C4CC4)s2)n2c-3cc3cc(-c4cnc([C@@H]5CCCN5C(=O)[C@@H](NC(=O)OC)C(C)C)[nH]4)ccc32)[nH]1)C(C)C. The van der Waals surface area contributed by atoms with Crippen molar-refractivity contribution in [3.8, 4) is 39.5 Å². The molecule has 1 saturated carbocycles. The number of nitrogens with zero attached hydrogens (tertiary/aromatic N) is 5. The fourth-order valence-electron chi connectivity index (χ4n) is 10.4. The lowest BCUT2D eigenvalue weighted by Crippen LogP contribution is -2.51. The molecular weight excluding hydrogens is 902 g/mol. The van der Waals surface area contributed by atoms with Crippen LogP contribution in [0.4, 0.5) is 14.0 Å². The van der Waals surface area contributed by atoms with E-state index in [1.165, 1.54) is 43.6 Å². The van der Waals surface area contributed by atoms with Crippen LogP contribution in [0.15, 0.2) is 54.9 Å². The van der Waals surface area contributed by atoms with Gasteiger partial charge in [-0.25, -0.2) is 23.9 Å². The average molecular weight is 960 g/mol. The van der Waals surface area contributed by atoms with Crippen molar-refractivity contribution in [2.24, 2.45) is 11.8 Å². The highest BCUT2D eigenvalue weighted by molar-refractivity contribution is 7.12. The number of halogens is 1. The highest BCUT2D eigenvalue weighted by Gasteiger charge is 2.40. The fourth-order valence-corrected chi connectivity index (χ4v) is 11.7. The highest BCUT2D eigenvalue weighted by atomic mass is 32.1. The third kappa shape index (κ3) is 8.50. The summed E-state index contributed by atoms with van der Waals surface area (Å²) in [6, 6.07) is 11.6. The number of methoxy groups -OCH3 is 2. The Kier molecular flexibility index (Phi) is 12.2. The molecular formula is C51H58FN9O7S. The quantitative estimate of drug-likeness (QED) is 0.0926. The third-order valence-electron chi connectivity index (χ3n) is 14.1. The van der Waals surface area contributed by atoms with Crippen LogP contribution >= 0.6 is 11.3 Å². The number of fused-ring (bicyclic) bond motifs is 5. The smallest absolute Gasteiger partial charge is 0.407 e. The zero-order valence-corrected chi connectivity index (χ0v) is 40.7. The van der Waals surface area contributed by atoms with Crippen LogP contribution in [-0.4, -0.2) is 97.7 Å². The largest absolute Gasteiger partial charge is 0.464 e. The van der Waals surface area contributed by atoms with Gasteiger partial charge in [-0.1, -0.05) is 33.8 Å². The minimum absolute atomic E-state index is 0.150. The van der Waals surface area contributed by atoms with Crippen LogP contribution in [0.5, 0.6) is 5.75 Å². The number of benzene rings is 2. The Bertz CT molecular complexity index is 2970. The number of aromatic nitrogens is 5. The van der Waals surface area contributed by atoms with Gasteiger partial charge in [-0.05, 0) is 105 Å². The van der Waals surface area contributed by atoms with Crippen molar-refractivity contribution in [3.05, 3.63) is 87.6 Å². The van der Waals surface area contributed by atoms with Crippen molar-refractivity contribution < 1.29 is 37.8 Å². The molecule has 18 heteroatoms. The molecule has 4 aliphatic rings. The van der Waals surface area contributed by atoms with E-state index in [4.69, 9.17) is 24.2 Å². The summed E-state index contributed by atoms with van der Waals surface area (Å²) in [6.07, 6.45) is 6.87. The van der Waals surface area contributed by atoms with E-state index in [9.17, 15) is 19.2 Å². The Balaban J connectivity index is 0.973. The number of carbonyl (C=O) groups excluding carboxylic acids is 4. The van der Waals surface area contributed by atoms with E-state index in [2.05, 4.69) is 44.2 Å². The predicted molar refractivity (Wildman–Crippen MR) is 258 cm³/mol. The van der Waals surface area contributed by atoms with Gasteiger partial charge in [0.2, 0.25) is 18.0 Å². The first-order valence-electron chi connectivity index (χ1n) is 23.9. The first kappa shape index (κ1) is 46.1. The van der Waals surface area contributed by atoms with Gasteiger partial charge in [0, 0.05) is 34.5 Å². The van der Waals surface area contributed by atoms with Gasteiger partial charge in [0.15, 0.2) is 0 Å². The van der Waals surface area contributed by atoms with Gasteiger partial charge in [0.25, 0.3) is 0 Å². The number of hydrogen-bond acceptors (Lipinski definition) is 10. The number of H-pyrrole nitrogens is 2. The van der Waals surface area contributed by atoms with Crippen LogP contribution in [0.2, 0.25) is 0 Å². The Morgan fingerprint density at radius 1 is 0.783 bits per heavy atom. The lowest BCUT2D eigenvalue weighted by molar-refractivity contribution is -0.136. The second-order valence-corrected chi connectivity index (χ2v) is 20.5. The summed E-state index contributed by atoms with van der Waals surface area (Å²) in [5, 5.41) is 6.29. The van der Waals surface area contributed by atoms with Crippen molar-refractivity contribution in [3.63, 3.8) is 0 Å². The monoisotopic (exact) mass is 959 g/mol. The molecule has 6 aromatic rings. The number of imidazole rings is 2. The van der Waals surface area contributed by atoms with E-state index >= 15 is 4.39 Å². The summed E-state index contributed by atoms with van der Waals surface area (Å²) in [5.74, 6) is 1.04. The van der Waals surface area contributed by atoms with Crippen molar-refractivity contribution >= 4 is 46.2 Å². The molecule has 69 heavy (non-hydrogen) atoms. The third-order valence-corrected chi connectivity index (χ3v) is 15.5. The molecule has 3 aliphatic heterocycles. The molecule has 10 rings (SSSR count). The number of hydrogen-bond donors (Lipinski definition) is 4. The lowest BCUT2D eigenvalue weighted by Gasteiger charge is -2.30. The van der Waals surface area contributed by atoms with Crippen molar-refractivity contribution in [1.82, 2.24) is 44.9 Å². The maximum atomic E-state index is 17.0. The number of ether oxygens (including phenoxy) is 3. The van der Waals surface area contributed by atoms with Gasteiger partial charge in [0.05, 0.1) is 71.7 Å². The van der Waals surface area contributed by atoms with Crippen LogP contribution in [0, 0.1) is 24.6 Å².